The monoisotopic (exact) mass is 638 g/mol. The van der Waals surface area contributed by atoms with E-state index < -0.39 is 0 Å². The Hall–Kier alpha value is -6.78. The zero-order valence-electron chi connectivity index (χ0n) is 27.1. The van der Waals surface area contributed by atoms with Gasteiger partial charge in [-0.1, -0.05) is 158 Å². The van der Waals surface area contributed by atoms with Crippen LogP contribution in [0.15, 0.2) is 182 Å². The third-order valence-electron chi connectivity index (χ3n) is 9.12. The second kappa shape index (κ2) is 12.7. The maximum Gasteiger partial charge on any atom is 0.160 e. The first-order chi connectivity index (χ1) is 24.8. The van der Waals surface area contributed by atoms with E-state index in [4.69, 9.17) is 19.9 Å². The van der Waals surface area contributed by atoms with Crippen molar-refractivity contribution in [3.05, 3.63) is 182 Å². The molecule has 0 radical (unpaired) electrons. The summed E-state index contributed by atoms with van der Waals surface area (Å²) < 4.78 is 0. The molecule has 6 aromatic carbocycles. The summed E-state index contributed by atoms with van der Waals surface area (Å²) in [7, 11) is 0. The van der Waals surface area contributed by atoms with Crippen LogP contribution in [0.25, 0.3) is 89.4 Å². The SMILES string of the molecule is c1ccc(-c2ccc(-c3cc(-c4ccc(-c5cccc(-c6nc7ccccc7c7ccccc67)n5)cc4)nc(-c4ccccc4)n3)cc2)cc1. The normalized spacial score (nSPS) is 11.2. The summed E-state index contributed by atoms with van der Waals surface area (Å²) in [4.78, 5) is 20.3. The third-order valence-corrected chi connectivity index (χ3v) is 9.12. The standard InChI is InChI=1S/C46H30N4/c1-3-12-31(13-4-1)32-22-24-34(25-23-32)43-30-44(50-46(49-43)36-14-5-2-6-15-36)35-28-26-33(27-29-35)40-20-11-21-42(47-40)45-39-18-8-7-16-37(39)38-17-9-10-19-41(38)48-45/h1-30H. The molecule has 4 heteroatoms. The van der Waals surface area contributed by atoms with E-state index in [-0.39, 0.29) is 0 Å². The Bertz CT molecular complexity index is 2620. The van der Waals surface area contributed by atoms with Gasteiger partial charge in [-0.05, 0) is 40.8 Å². The Morgan fingerprint density at radius 1 is 0.260 bits per heavy atom. The van der Waals surface area contributed by atoms with Gasteiger partial charge in [0.15, 0.2) is 5.82 Å². The highest BCUT2D eigenvalue weighted by molar-refractivity contribution is 6.10. The van der Waals surface area contributed by atoms with Crippen LogP contribution in [0, 0.1) is 0 Å². The highest BCUT2D eigenvalue weighted by Gasteiger charge is 2.14. The van der Waals surface area contributed by atoms with Gasteiger partial charge in [-0.3, -0.25) is 0 Å². The smallest absolute Gasteiger partial charge is 0.160 e. The van der Waals surface area contributed by atoms with Gasteiger partial charge in [-0.15, -0.1) is 0 Å². The molecule has 0 unspecified atom stereocenters. The molecular formula is C46H30N4. The van der Waals surface area contributed by atoms with E-state index in [2.05, 4.69) is 146 Å². The molecule has 0 saturated heterocycles. The number of nitrogens with zero attached hydrogens (tertiary/aromatic N) is 4. The second-order valence-corrected chi connectivity index (χ2v) is 12.3. The molecule has 9 aromatic rings. The molecule has 50 heavy (non-hydrogen) atoms. The van der Waals surface area contributed by atoms with Gasteiger partial charge in [0.1, 0.15) is 0 Å². The predicted octanol–water partition coefficient (Wildman–Crippen LogP) is 11.6. The van der Waals surface area contributed by atoms with Gasteiger partial charge in [-0.25, -0.2) is 19.9 Å². The number of benzene rings is 6. The van der Waals surface area contributed by atoms with Crippen molar-refractivity contribution in [2.45, 2.75) is 0 Å². The van der Waals surface area contributed by atoms with E-state index in [1.165, 1.54) is 16.5 Å². The van der Waals surface area contributed by atoms with Crippen molar-refractivity contribution in [3.63, 3.8) is 0 Å². The van der Waals surface area contributed by atoms with Crippen molar-refractivity contribution in [2.24, 2.45) is 0 Å². The van der Waals surface area contributed by atoms with Crippen molar-refractivity contribution in [1.82, 2.24) is 19.9 Å². The van der Waals surface area contributed by atoms with Crippen LogP contribution < -0.4 is 0 Å². The van der Waals surface area contributed by atoms with Gasteiger partial charge in [0.2, 0.25) is 0 Å². The summed E-state index contributed by atoms with van der Waals surface area (Å²) in [5.74, 6) is 0.693. The van der Waals surface area contributed by atoms with Crippen LogP contribution in [0.2, 0.25) is 0 Å². The molecule has 0 bridgehead atoms. The molecule has 0 N–H and O–H groups in total. The van der Waals surface area contributed by atoms with Crippen molar-refractivity contribution in [1.29, 1.82) is 0 Å². The number of fused-ring (bicyclic) bond motifs is 3. The maximum absolute atomic E-state index is 5.12. The van der Waals surface area contributed by atoms with Gasteiger partial charge >= 0.3 is 0 Å². The zero-order chi connectivity index (χ0) is 33.3. The predicted molar refractivity (Wildman–Crippen MR) is 205 cm³/mol. The van der Waals surface area contributed by atoms with Crippen LogP contribution in [0.4, 0.5) is 0 Å². The topological polar surface area (TPSA) is 51.6 Å². The second-order valence-electron chi connectivity index (χ2n) is 12.3. The quantitative estimate of drug-likeness (QED) is 0.170. The Balaban J connectivity index is 1.08. The Labute approximate surface area is 290 Å². The molecule has 0 fully saturated rings. The van der Waals surface area contributed by atoms with E-state index in [0.29, 0.717) is 5.82 Å². The molecule has 3 aromatic heterocycles. The summed E-state index contributed by atoms with van der Waals surface area (Å²) in [6.45, 7) is 0. The summed E-state index contributed by atoms with van der Waals surface area (Å²) in [6, 6.07) is 62.6. The molecule has 0 aliphatic heterocycles. The summed E-state index contributed by atoms with van der Waals surface area (Å²) >= 11 is 0. The molecular weight excluding hydrogens is 609 g/mol. The summed E-state index contributed by atoms with van der Waals surface area (Å²) in [5, 5.41) is 3.41. The fourth-order valence-corrected chi connectivity index (χ4v) is 6.56. The fourth-order valence-electron chi connectivity index (χ4n) is 6.56. The van der Waals surface area contributed by atoms with Gasteiger partial charge < -0.3 is 0 Å². The van der Waals surface area contributed by atoms with E-state index in [0.717, 1.165) is 67.0 Å². The first-order valence-electron chi connectivity index (χ1n) is 16.7. The van der Waals surface area contributed by atoms with Gasteiger partial charge in [0.05, 0.1) is 34.0 Å². The van der Waals surface area contributed by atoms with E-state index in [1.807, 2.05) is 36.4 Å². The molecule has 0 amide bonds. The molecule has 0 aliphatic rings. The highest BCUT2D eigenvalue weighted by atomic mass is 14.9. The molecule has 0 saturated carbocycles. The van der Waals surface area contributed by atoms with Crippen LogP contribution in [0.5, 0.6) is 0 Å². The van der Waals surface area contributed by atoms with Crippen LogP contribution in [0.1, 0.15) is 0 Å². The Morgan fingerprint density at radius 3 is 1.40 bits per heavy atom. The zero-order valence-corrected chi connectivity index (χ0v) is 27.1. The average Bonchev–Trinajstić information content (AvgIpc) is 3.21. The average molecular weight is 639 g/mol. The molecule has 0 spiro atoms. The number of hydrogen-bond acceptors (Lipinski definition) is 4. The number of para-hydroxylation sites is 1. The number of rotatable bonds is 6. The van der Waals surface area contributed by atoms with Crippen LogP contribution in [0.3, 0.4) is 0 Å². The Kier molecular flexibility index (Phi) is 7.45. The molecule has 234 valence electrons. The first kappa shape index (κ1) is 29.4. The maximum atomic E-state index is 5.12. The largest absolute Gasteiger partial charge is 0.246 e. The van der Waals surface area contributed by atoms with Gasteiger partial charge in [0, 0.05) is 33.0 Å². The number of aromatic nitrogens is 4. The summed E-state index contributed by atoms with van der Waals surface area (Å²) in [6.07, 6.45) is 0. The minimum Gasteiger partial charge on any atom is -0.246 e. The lowest BCUT2D eigenvalue weighted by molar-refractivity contribution is 1.18. The molecule has 3 heterocycles. The first-order valence-corrected chi connectivity index (χ1v) is 16.7. The lowest BCUT2D eigenvalue weighted by Crippen LogP contribution is -1.96. The lowest BCUT2D eigenvalue weighted by atomic mass is 10.0. The molecule has 4 nitrogen and oxygen atoms in total. The highest BCUT2D eigenvalue weighted by Crippen LogP contribution is 2.34. The van der Waals surface area contributed by atoms with Crippen LogP contribution >= 0.6 is 0 Å². The van der Waals surface area contributed by atoms with Gasteiger partial charge in [0.25, 0.3) is 0 Å². The van der Waals surface area contributed by atoms with Crippen molar-refractivity contribution in [3.8, 4) is 67.7 Å². The number of pyridine rings is 2. The molecule has 0 aliphatic carbocycles. The lowest BCUT2D eigenvalue weighted by Gasteiger charge is -2.11. The van der Waals surface area contributed by atoms with Crippen LogP contribution in [-0.2, 0) is 0 Å². The van der Waals surface area contributed by atoms with Crippen molar-refractivity contribution < 1.29 is 0 Å². The minimum atomic E-state index is 0.693. The number of hydrogen-bond donors (Lipinski definition) is 0. The van der Waals surface area contributed by atoms with Crippen molar-refractivity contribution in [2.75, 3.05) is 0 Å². The Morgan fingerprint density at radius 2 is 0.740 bits per heavy atom. The fraction of sp³-hybridized carbons (Fsp3) is 0. The molecule has 0 atom stereocenters. The van der Waals surface area contributed by atoms with E-state index >= 15 is 0 Å². The minimum absolute atomic E-state index is 0.693. The van der Waals surface area contributed by atoms with E-state index in [9.17, 15) is 0 Å². The van der Waals surface area contributed by atoms with Crippen molar-refractivity contribution >= 4 is 21.7 Å². The summed E-state index contributed by atoms with van der Waals surface area (Å²) in [5.41, 5.74) is 11.7. The van der Waals surface area contributed by atoms with Crippen LogP contribution in [-0.4, -0.2) is 19.9 Å². The third kappa shape index (κ3) is 5.59. The van der Waals surface area contributed by atoms with Gasteiger partial charge in [-0.2, -0.15) is 0 Å². The molecule has 9 rings (SSSR count). The van der Waals surface area contributed by atoms with E-state index in [1.54, 1.807) is 0 Å².